The summed E-state index contributed by atoms with van der Waals surface area (Å²) < 4.78 is 0. The molecule has 2 fully saturated rings. The third-order valence-corrected chi connectivity index (χ3v) is 5.32. The number of hydrogen-bond donors (Lipinski definition) is 0. The number of hydrogen-bond acceptors (Lipinski definition) is 6. The van der Waals surface area contributed by atoms with Gasteiger partial charge in [0.25, 0.3) is 5.91 Å². The first-order valence-corrected chi connectivity index (χ1v) is 9.60. The molecule has 28 heavy (non-hydrogen) atoms. The molecule has 2 amide bonds. The van der Waals surface area contributed by atoms with Gasteiger partial charge in [-0.25, -0.2) is 9.97 Å². The summed E-state index contributed by atoms with van der Waals surface area (Å²) in [5.74, 6) is 1.82. The Hall–Kier alpha value is -3.16. The van der Waals surface area contributed by atoms with Crippen LogP contribution < -0.4 is 9.80 Å². The van der Waals surface area contributed by atoms with Gasteiger partial charge >= 0.3 is 0 Å². The van der Waals surface area contributed by atoms with E-state index in [1.165, 1.54) is 0 Å². The van der Waals surface area contributed by atoms with Gasteiger partial charge < -0.3 is 19.6 Å². The van der Waals surface area contributed by atoms with Crippen LogP contribution in [0.2, 0.25) is 0 Å². The minimum atomic E-state index is 0.0190. The van der Waals surface area contributed by atoms with Crippen molar-refractivity contribution in [2.45, 2.75) is 0 Å². The Morgan fingerprint density at radius 2 is 1.50 bits per heavy atom. The maximum Gasteiger partial charge on any atom is 0.255 e. The van der Waals surface area contributed by atoms with Gasteiger partial charge in [0.1, 0.15) is 11.6 Å². The van der Waals surface area contributed by atoms with Crippen LogP contribution in [0.15, 0.2) is 42.7 Å². The van der Waals surface area contributed by atoms with Crippen LogP contribution in [0.1, 0.15) is 10.4 Å². The van der Waals surface area contributed by atoms with E-state index in [0.717, 1.165) is 44.2 Å². The highest BCUT2D eigenvalue weighted by Gasteiger charge is 2.23. The summed E-state index contributed by atoms with van der Waals surface area (Å²) in [5, 5.41) is 0. The Bertz CT molecular complexity index is 797. The SMILES string of the molecule is O=CN1CCN(c2ccc(C(=O)N3CCN(c4ccccn4)CC3)cn2)CC1. The Labute approximate surface area is 164 Å². The van der Waals surface area contributed by atoms with Crippen LogP contribution in [0.5, 0.6) is 0 Å². The van der Waals surface area contributed by atoms with Crippen LogP contribution in [0.3, 0.4) is 0 Å². The molecule has 2 aliphatic rings. The largest absolute Gasteiger partial charge is 0.353 e. The van der Waals surface area contributed by atoms with E-state index in [1.54, 1.807) is 17.3 Å². The quantitative estimate of drug-likeness (QED) is 0.728. The van der Waals surface area contributed by atoms with E-state index < -0.39 is 0 Å². The Morgan fingerprint density at radius 3 is 2.07 bits per heavy atom. The molecule has 8 nitrogen and oxygen atoms in total. The summed E-state index contributed by atoms with van der Waals surface area (Å²) in [6.45, 7) is 5.81. The minimum Gasteiger partial charge on any atom is -0.353 e. The van der Waals surface area contributed by atoms with Crippen molar-refractivity contribution in [1.82, 2.24) is 19.8 Å². The van der Waals surface area contributed by atoms with Crippen LogP contribution in [-0.2, 0) is 4.79 Å². The molecule has 0 aromatic carbocycles. The highest BCUT2D eigenvalue weighted by Crippen LogP contribution is 2.17. The van der Waals surface area contributed by atoms with Gasteiger partial charge in [-0.2, -0.15) is 0 Å². The number of aromatic nitrogens is 2. The van der Waals surface area contributed by atoms with Crippen molar-refractivity contribution in [2.24, 2.45) is 0 Å². The summed E-state index contributed by atoms with van der Waals surface area (Å²) >= 11 is 0. The molecular weight excluding hydrogens is 356 g/mol. The zero-order chi connectivity index (χ0) is 19.3. The summed E-state index contributed by atoms with van der Waals surface area (Å²) in [6, 6.07) is 9.62. The number of carbonyl (C=O) groups is 2. The molecule has 0 N–H and O–H groups in total. The van der Waals surface area contributed by atoms with E-state index in [-0.39, 0.29) is 5.91 Å². The smallest absolute Gasteiger partial charge is 0.255 e. The zero-order valence-corrected chi connectivity index (χ0v) is 15.8. The Balaban J connectivity index is 1.33. The number of nitrogens with zero attached hydrogens (tertiary/aromatic N) is 6. The second kappa shape index (κ2) is 8.24. The number of carbonyl (C=O) groups excluding carboxylic acids is 2. The summed E-state index contributed by atoms with van der Waals surface area (Å²) in [4.78, 5) is 40.5. The second-order valence-corrected chi connectivity index (χ2v) is 7.00. The highest BCUT2D eigenvalue weighted by atomic mass is 16.2. The molecule has 8 heteroatoms. The van der Waals surface area contributed by atoms with Gasteiger partial charge in [-0.1, -0.05) is 6.07 Å². The second-order valence-electron chi connectivity index (χ2n) is 7.00. The molecule has 0 spiro atoms. The molecule has 0 bridgehead atoms. The van der Waals surface area contributed by atoms with Crippen molar-refractivity contribution < 1.29 is 9.59 Å². The van der Waals surface area contributed by atoms with Crippen molar-refractivity contribution in [3.05, 3.63) is 48.3 Å². The molecule has 4 rings (SSSR count). The monoisotopic (exact) mass is 380 g/mol. The summed E-state index contributed by atoms with van der Waals surface area (Å²) in [6.07, 6.45) is 4.34. The number of pyridine rings is 2. The number of anilines is 2. The van der Waals surface area contributed by atoms with Crippen molar-refractivity contribution in [3.63, 3.8) is 0 Å². The fourth-order valence-corrected chi connectivity index (χ4v) is 3.62. The van der Waals surface area contributed by atoms with E-state index in [0.29, 0.717) is 31.7 Å². The van der Waals surface area contributed by atoms with Crippen LogP contribution in [-0.4, -0.2) is 84.4 Å². The first-order chi connectivity index (χ1) is 13.7. The van der Waals surface area contributed by atoms with Crippen molar-refractivity contribution in [2.75, 3.05) is 62.2 Å². The average molecular weight is 380 g/mol. The average Bonchev–Trinajstić information content (AvgIpc) is 2.79. The molecule has 4 heterocycles. The van der Waals surface area contributed by atoms with Crippen LogP contribution in [0, 0.1) is 0 Å². The van der Waals surface area contributed by atoms with Gasteiger partial charge in [-0.05, 0) is 24.3 Å². The predicted molar refractivity (Wildman–Crippen MR) is 106 cm³/mol. The Kier molecular flexibility index (Phi) is 5.36. The summed E-state index contributed by atoms with van der Waals surface area (Å²) in [5.41, 5.74) is 0.613. The molecule has 0 atom stereocenters. The molecule has 2 aromatic heterocycles. The normalized spacial score (nSPS) is 17.6. The number of rotatable bonds is 4. The fourth-order valence-electron chi connectivity index (χ4n) is 3.62. The highest BCUT2D eigenvalue weighted by molar-refractivity contribution is 5.94. The minimum absolute atomic E-state index is 0.0190. The van der Waals surface area contributed by atoms with Gasteiger partial charge in [-0.3, -0.25) is 9.59 Å². The first kappa shape index (κ1) is 18.2. The predicted octanol–water partition coefficient (Wildman–Crippen LogP) is 0.717. The zero-order valence-electron chi connectivity index (χ0n) is 15.8. The van der Waals surface area contributed by atoms with Crippen LogP contribution in [0.25, 0.3) is 0 Å². The lowest BCUT2D eigenvalue weighted by Crippen LogP contribution is -2.49. The molecule has 0 saturated carbocycles. The topological polar surface area (TPSA) is 72.9 Å². The van der Waals surface area contributed by atoms with Gasteiger partial charge in [-0.15, -0.1) is 0 Å². The van der Waals surface area contributed by atoms with Crippen molar-refractivity contribution >= 4 is 24.0 Å². The van der Waals surface area contributed by atoms with Gasteiger partial charge in [0.2, 0.25) is 6.41 Å². The van der Waals surface area contributed by atoms with E-state index in [1.807, 2.05) is 35.2 Å². The van der Waals surface area contributed by atoms with E-state index in [9.17, 15) is 9.59 Å². The fraction of sp³-hybridized carbons (Fsp3) is 0.400. The third kappa shape index (κ3) is 3.90. The standard InChI is InChI=1S/C20H24N6O2/c27-16-23-7-9-24(10-8-23)19-5-4-17(15-22-19)20(28)26-13-11-25(12-14-26)18-3-1-2-6-21-18/h1-6,15-16H,7-14H2. The van der Waals surface area contributed by atoms with E-state index in [2.05, 4.69) is 19.8 Å². The van der Waals surface area contributed by atoms with Gasteiger partial charge in [0, 0.05) is 64.8 Å². The van der Waals surface area contributed by atoms with Crippen molar-refractivity contribution in [1.29, 1.82) is 0 Å². The lowest BCUT2D eigenvalue weighted by Gasteiger charge is -2.35. The molecule has 0 aliphatic carbocycles. The molecule has 2 saturated heterocycles. The summed E-state index contributed by atoms with van der Waals surface area (Å²) in [7, 11) is 0. The lowest BCUT2D eigenvalue weighted by molar-refractivity contribution is -0.118. The van der Waals surface area contributed by atoms with E-state index in [4.69, 9.17) is 0 Å². The van der Waals surface area contributed by atoms with E-state index >= 15 is 0 Å². The Morgan fingerprint density at radius 1 is 0.821 bits per heavy atom. The molecular formula is C20H24N6O2. The van der Waals surface area contributed by atoms with Crippen molar-refractivity contribution in [3.8, 4) is 0 Å². The van der Waals surface area contributed by atoms with Crippen LogP contribution >= 0.6 is 0 Å². The molecule has 0 radical (unpaired) electrons. The molecule has 0 unspecified atom stereocenters. The molecule has 2 aromatic rings. The first-order valence-electron chi connectivity index (χ1n) is 9.60. The maximum atomic E-state index is 12.8. The number of piperazine rings is 2. The lowest BCUT2D eigenvalue weighted by atomic mass is 10.2. The van der Waals surface area contributed by atoms with Gasteiger partial charge in [0.15, 0.2) is 0 Å². The van der Waals surface area contributed by atoms with Crippen LogP contribution in [0.4, 0.5) is 11.6 Å². The molecule has 2 aliphatic heterocycles. The molecule has 146 valence electrons. The number of amides is 2. The maximum absolute atomic E-state index is 12.8. The third-order valence-electron chi connectivity index (χ3n) is 5.32. The van der Waals surface area contributed by atoms with Gasteiger partial charge in [0.05, 0.1) is 5.56 Å².